The molecule has 1 unspecified atom stereocenters. The number of aryl methyl sites for hydroxylation is 1. The van der Waals surface area contributed by atoms with E-state index in [0.29, 0.717) is 24.6 Å². The van der Waals surface area contributed by atoms with E-state index in [-0.39, 0.29) is 33.4 Å². The SMILES string of the molecule is Cc1ccnc(NS(=O)(=O)c2ccc(NC(=O)c3cnc(OC4CCOC4)c(Cl)c3)cc2)n1. The number of hydrogen-bond acceptors (Lipinski definition) is 8. The highest BCUT2D eigenvalue weighted by Crippen LogP contribution is 2.26. The van der Waals surface area contributed by atoms with Gasteiger partial charge in [-0.25, -0.2) is 28.1 Å². The Balaban J connectivity index is 1.41. The van der Waals surface area contributed by atoms with Gasteiger partial charge in [0.05, 0.1) is 23.7 Å². The van der Waals surface area contributed by atoms with Crippen molar-refractivity contribution < 1.29 is 22.7 Å². The van der Waals surface area contributed by atoms with Crippen LogP contribution in [0.3, 0.4) is 0 Å². The first-order chi connectivity index (χ1) is 15.8. The molecule has 172 valence electrons. The lowest BCUT2D eigenvalue weighted by atomic mass is 10.2. The van der Waals surface area contributed by atoms with Crippen molar-refractivity contribution in [3.05, 3.63) is 65.1 Å². The minimum atomic E-state index is -3.89. The Morgan fingerprint density at radius 1 is 1.21 bits per heavy atom. The van der Waals surface area contributed by atoms with Crippen LogP contribution in [0.2, 0.25) is 5.02 Å². The Kier molecular flexibility index (Phi) is 6.72. The summed E-state index contributed by atoms with van der Waals surface area (Å²) in [5, 5.41) is 2.88. The smallest absolute Gasteiger partial charge is 0.264 e. The van der Waals surface area contributed by atoms with Crippen molar-refractivity contribution in [1.29, 1.82) is 0 Å². The standard InChI is InChI=1S/C21H20ClN5O5S/c1-13-6-8-23-21(25-13)27-33(29,30)17-4-2-15(3-5-17)26-19(28)14-10-18(22)20(24-11-14)32-16-7-9-31-12-16/h2-6,8,10-11,16H,7,9,12H2,1H3,(H,26,28)(H,23,25,27). The quantitative estimate of drug-likeness (QED) is 0.517. The van der Waals surface area contributed by atoms with Gasteiger partial charge in [0.25, 0.3) is 15.9 Å². The molecule has 3 aromatic rings. The number of pyridine rings is 1. The molecule has 1 amide bonds. The van der Waals surface area contributed by atoms with E-state index in [1.165, 1.54) is 42.7 Å². The lowest BCUT2D eigenvalue weighted by Gasteiger charge is -2.13. The molecule has 0 spiro atoms. The highest BCUT2D eigenvalue weighted by Gasteiger charge is 2.20. The maximum Gasteiger partial charge on any atom is 0.264 e. The number of carbonyl (C=O) groups is 1. The summed E-state index contributed by atoms with van der Waals surface area (Å²) in [4.78, 5) is 24.6. The van der Waals surface area contributed by atoms with E-state index in [1.54, 1.807) is 13.0 Å². The molecular weight excluding hydrogens is 470 g/mol. The highest BCUT2D eigenvalue weighted by atomic mass is 35.5. The van der Waals surface area contributed by atoms with Gasteiger partial charge in [0, 0.05) is 30.2 Å². The molecule has 0 aliphatic carbocycles. The molecule has 1 fully saturated rings. The monoisotopic (exact) mass is 489 g/mol. The molecule has 10 nitrogen and oxygen atoms in total. The summed E-state index contributed by atoms with van der Waals surface area (Å²) in [5.41, 5.74) is 1.25. The van der Waals surface area contributed by atoms with Crippen LogP contribution < -0.4 is 14.8 Å². The molecule has 1 aliphatic rings. The molecule has 1 atom stereocenters. The fraction of sp³-hybridized carbons (Fsp3) is 0.238. The van der Waals surface area contributed by atoms with Gasteiger partial charge in [0.2, 0.25) is 11.8 Å². The maximum absolute atomic E-state index is 12.6. The summed E-state index contributed by atoms with van der Waals surface area (Å²) in [6.45, 7) is 2.82. The average molecular weight is 490 g/mol. The number of nitrogens with zero attached hydrogens (tertiary/aromatic N) is 3. The number of benzene rings is 1. The Bertz CT molecular complexity index is 1260. The van der Waals surface area contributed by atoms with Crippen molar-refractivity contribution in [2.75, 3.05) is 23.3 Å². The van der Waals surface area contributed by atoms with Gasteiger partial charge in [-0.3, -0.25) is 4.79 Å². The Hall–Kier alpha value is -3.28. The molecule has 2 N–H and O–H groups in total. The van der Waals surface area contributed by atoms with Crippen molar-refractivity contribution in [2.45, 2.75) is 24.3 Å². The van der Waals surface area contributed by atoms with Gasteiger partial charge in [-0.2, -0.15) is 0 Å². The van der Waals surface area contributed by atoms with Crippen LogP contribution in [0.1, 0.15) is 22.5 Å². The third kappa shape index (κ3) is 5.75. The van der Waals surface area contributed by atoms with Gasteiger partial charge in [-0.15, -0.1) is 0 Å². The Morgan fingerprint density at radius 2 is 2.00 bits per heavy atom. The molecule has 33 heavy (non-hydrogen) atoms. The minimum Gasteiger partial charge on any atom is -0.471 e. The van der Waals surface area contributed by atoms with E-state index in [9.17, 15) is 13.2 Å². The third-order valence-corrected chi connectivity index (χ3v) is 6.29. The molecule has 2 aromatic heterocycles. The average Bonchev–Trinajstić information content (AvgIpc) is 3.28. The molecule has 0 bridgehead atoms. The largest absolute Gasteiger partial charge is 0.471 e. The Labute approximate surface area is 195 Å². The number of sulfonamides is 1. The summed E-state index contributed by atoms with van der Waals surface area (Å²) in [7, 11) is -3.89. The summed E-state index contributed by atoms with van der Waals surface area (Å²) in [6, 6.07) is 8.77. The molecule has 3 heterocycles. The predicted molar refractivity (Wildman–Crippen MR) is 121 cm³/mol. The topological polar surface area (TPSA) is 132 Å². The predicted octanol–water partition coefficient (Wildman–Crippen LogP) is 3.05. The number of anilines is 2. The zero-order chi connectivity index (χ0) is 23.4. The van der Waals surface area contributed by atoms with E-state index < -0.39 is 15.9 Å². The van der Waals surface area contributed by atoms with Crippen LogP contribution in [0.15, 0.2) is 53.7 Å². The molecule has 1 aliphatic heterocycles. The highest BCUT2D eigenvalue weighted by molar-refractivity contribution is 7.92. The van der Waals surface area contributed by atoms with Crippen molar-refractivity contribution >= 4 is 39.2 Å². The number of aromatic nitrogens is 3. The second-order valence-corrected chi connectivity index (χ2v) is 9.31. The van der Waals surface area contributed by atoms with Crippen molar-refractivity contribution in [3.8, 4) is 5.88 Å². The zero-order valence-electron chi connectivity index (χ0n) is 17.5. The fourth-order valence-electron chi connectivity index (χ4n) is 3.00. The van der Waals surface area contributed by atoms with Crippen LogP contribution in [0, 0.1) is 6.92 Å². The summed E-state index contributed by atoms with van der Waals surface area (Å²) < 4.78 is 38.3. The van der Waals surface area contributed by atoms with Crippen LogP contribution in [0.5, 0.6) is 5.88 Å². The molecule has 1 saturated heterocycles. The maximum atomic E-state index is 12.6. The summed E-state index contributed by atoms with van der Waals surface area (Å²) in [5.74, 6) is -0.241. The van der Waals surface area contributed by atoms with Crippen molar-refractivity contribution in [2.24, 2.45) is 0 Å². The third-order valence-electron chi connectivity index (χ3n) is 4.68. The van der Waals surface area contributed by atoms with E-state index in [1.807, 2.05) is 0 Å². The number of hydrogen-bond donors (Lipinski definition) is 2. The number of amides is 1. The molecule has 1 aromatic carbocycles. The van der Waals surface area contributed by atoms with Crippen LogP contribution >= 0.6 is 11.6 Å². The Morgan fingerprint density at radius 3 is 2.67 bits per heavy atom. The second-order valence-electron chi connectivity index (χ2n) is 7.22. The van der Waals surface area contributed by atoms with Crippen molar-refractivity contribution in [1.82, 2.24) is 15.0 Å². The number of ether oxygens (including phenoxy) is 2. The van der Waals surface area contributed by atoms with E-state index >= 15 is 0 Å². The summed E-state index contributed by atoms with van der Waals surface area (Å²) in [6.07, 6.45) is 3.45. The van der Waals surface area contributed by atoms with Gasteiger partial charge >= 0.3 is 0 Å². The first-order valence-electron chi connectivity index (χ1n) is 9.94. The number of rotatable bonds is 7. The lowest BCUT2D eigenvalue weighted by Crippen LogP contribution is -2.17. The zero-order valence-corrected chi connectivity index (χ0v) is 19.1. The van der Waals surface area contributed by atoms with Gasteiger partial charge in [0.15, 0.2) is 0 Å². The number of halogens is 1. The second kappa shape index (κ2) is 9.69. The first-order valence-corrected chi connectivity index (χ1v) is 11.8. The van der Waals surface area contributed by atoms with E-state index in [2.05, 4.69) is 25.0 Å². The van der Waals surface area contributed by atoms with Gasteiger partial charge in [0.1, 0.15) is 11.1 Å². The minimum absolute atomic E-state index is 0.00675. The van der Waals surface area contributed by atoms with Gasteiger partial charge in [-0.05, 0) is 43.3 Å². The van der Waals surface area contributed by atoms with Crippen LogP contribution in [-0.2, 0) is 14.8 Å². The lowest BCUT2D eigenvalue weighted by molar-refractivity contribution is 0.102. The van der Waals surface area contributed by atoms with Gasteiger partial charge < -0.3 is 14.8 Å². The molecule has 0 saturated carbocycles. The normalized spacial score (nSPS) is 15.8. The molecule has 12 heteroatoms. The number of carbonyl (C=O) groups excluding carboxylic acids is 1. The fourth-order valence-corrected chi connectivity index (χ4v) is 4.16. The van der Waals surface area contributed by atoms with Crippen LogP contribution in [-0.4, -0.2) is 48.6 Å². The van der Waals surface area contributed by atoms with Crippen LogP contribution in [0.25, 0.3) is 0 Å². The van der Waals surface area contributed by atoms with Gasteiger partial charge in [-0.1, -0.05) is 11.6 Å². The number of nitrogens with one attached hydrogen (secondary N) is 2. The molecule has 4 rings (SSSR count). The van der Waals surface area contributed by atoms with Crippen LogP contribution in [0.4, 0.5) is 11.6 Å². The van der Waals surface area contributed by atoms with E-state index in [0.717, 1.165) is 6.42 Å². The van der Waals surface area contributed by atoms with E-state index in [4.69, 9.17) is 21.1 Å². The first kappa shape index (κ1) is 22.9. The van der Waals surface area contributed by atoms with Crippen molar-refractivity contribution in [3.63, 3.8) is 0 Å². The molecule has 0 radical (unpaired) electrons. The summed E-state index contributed by atoms with van der Waals surface area (Å²) >= 11 is 6.21. The molecular formula is C21H20ClN5O5S.